The van der Waals surface area contributed by atoms with E-state index in [2.05, 4.69) is 19.1 Å². The van der Waals surface area contributed by atoms with Crippen LogP contribution in [0.15, 0.2) is 23.1 Å². The molecule has 1 N–H and O–H groups in total. The van der Waals surface area contributed by atoms with Crippen LogP contribution in [0.4, 0.5) is 0 Å². The number of hydrogen-bond donors (Lipinski definition) is 1. The maximum atomic E-state index is 9.94. The first kappa shape index (κ1) is 13.7. The molecule has 0 saturated carbocycles. The molecule has 0 saturated heterocycles. The van der Waals surface area contributed by atoms with E-state index < -0.39 is 0 Å². The first-order chi connectivity index (χ1) is 8.43. The maximum Gasteiger partial charge on any atom is 0.120 e. The number of rotatable bonds is 3. The summed E-state index contributed by atoms with van der Waals surface area (Å²) < 4.78 is 5.74. The second-order valence-corrected chi connectivity index (χ2v) is 6.36. The molecule has 1 aromatic carbocycles. The van der Waals surface area contributed by atoms with E-state index >= 15 is 0 Å². The summed E-state index contributed by atoms with van der Waals surface area (Å²) in [6.45, 7) is 6.11. The van der Waals surface area contributed by atoms with Crippen LogP contribution in [0.3, 0.4) is 0 Å². The van der Waals surface area contributed by atoms with E-state index in [0.717, 1.165) is 23.5 Å². The van der Waals surface area contributed by atoms with E-state index in [1.54, 1.807) is 7.05 Å². The highest BCUT2D eigenvalue weighted by atomic mass is 32.2. The van der Waals surface area contributed by atoms with Crippen molar-refractivity contribution >= 4 is 11.8 Å². The third kappa shape index (κ3) is 2.51. The molecule has 1 unspecified atom stereocenters. The Kier molecular flexibility index (Phi) is 3.90. The number of ether oxygens (including phenoxy) is 1. The molecule has 0 spiro atoms. The van der Waals surface area contributed by atoms with Crippen LogP contribution in [0.2, 0.25) is 0 Å². The zero-order valence-corrected chi connectivity index (χ0v) is 12.3. The Morgan fingerprint density at radius 1 is 1.44 bits per heavy atom. The molecular formula is C14H21NO2S. The van der Waals surface area contributed by atoms with Crippen molar-refractivity contribution in [1.82, 2.24) is 5.06 Å². The summed E-state index contributed by atoms with van der Waals surface area (Å²) in [7, 11) is 1.72. The van der Waals surface area contributed by atoms with Crippen LogP contribution in [0.1, 0.15) is 32.8 Å². The molecule has 3 nitrogen and oxygen atoms in total. The van der Waals surface area contributed by atoms with Gasteiger partial charge >= 0.3 is 0 Å². The number of nitrogens with zero attached hydrogens (tertiary/aromatic N) is 1. The Balaban J connectivity index is 2.41. The molecule has 2 rings (SSSR count). The van der Waals surface area contributed by atoms with Gasteiger partial charge in [-0.15, -0.1) is 11.8 Å². The Bertz CT molecular complexity index is 434. The lowest BCUT2D eigenvalue weighted by molar-refractivity contribution is -0.153. The first-order valence-electron chi connectivity index (χ1n) is 6.30. The number of thioether (sulfide) groups is 1. The highest BCUT2D eigenvalue weighted by Crippen LogP contribution is 2.44. The van der Waals surface area contributed by atoms with Gasteiger partial charge in [-0.1, -0.05) is 0 Å². The van der Waals surface area contributed by atoms with Crippen molar-refractivity contribution in [2.45, 2.75) is 43.7 Å². The summed E-state index contributed by atoms with van der Waals surface area (Å²) in [5.41, 5.74) is 0.832. The number of benzene rings is 1. The predicted octanol–water partition coefficient (Wildman–Crippen LogP) is 3.51. The number of hydrogen-bond acceptors (Lipinski definition) is 4. The van der Waals surface area contributed by atoms with Gasteiger partial charge in [0.15, 0.2) is 0 Å². The molecule has 4 heteroatoms. The van der Waals surface area contributed by atoms with E-state index in [-0.39, 0.29) is 11.6 Å². The summed E-state index contributed by atoms with van der Waals surface area (Å²) >= 11 is 1.84. The fourth-order valence-electron chi connectivity index (χ4n) is 2.23. The van der Waals surface area contributed by atoms with Gasteiger partial charge in [0.1, 0.15) is 5.75 Å². The smallest absolute Gasteiger partial charge is 0.120 e. The summed E-state index contributed by atoms with van der Waals surface area (Å²) in [4.78, 5) is 1.24. The number of hydroxylamine groups is 2. The predicted molar refractivity (Wildman–Crippen MR) is 74.4 cm³/mol. The van der Waals surface area contributed by atoms with Gasteiger partial charge in [0, 0.05) is 17.7 Å². The molecule has 0 bridgehead atoms. The van der Waals surface area contributed by atoms with Crippen molar-refractivity contribution in [2.75, 3.05) is 12.8 Å². The molecule has 1 atom stereocenters. The quantitative estimate of drug-likeness (QED) is 0.850. The molecule has 18 heavy (non-hydrogen) atoms. The summed E-state index contributed by atoms with van der Waals surface area (Å²) in [5.74, 6) is 1.90. The van der Waals surface area contributed by atoms with E-state index in [4.69, 9.17) is 4.74 Å². The zero-order chi connectivity index (χ0) is 13.3. The third-order valence-electron chi connectivity index (χ3n) is 3.46. The number of fused-ring (bicyclic) bond motifs is 1. The highest BCUT2D eigenvalue weighted by molar-refractivity contribution is 7.99. The van der Waals surface area contributed by atoms with Gasteiger partial charge in [0.05, 0.1) is 11.6 Å². The van der Waals surface area contributed by atoms with Crippen molar-refractivity contribution in [2.24, 2.45) is 0 Å². The molecule has 0 fully saturated rings. The molecule has 0 aromatic heterocycles. The summed E-state index contributed by atoms with van der Waals surface area (Å²) in [5, 5.41) is 11.3. The molecule has 1 aliphatic heterocycles. The Hall–Kier alpha value is -0.710. The van der Waals surface area contributed by atoms with Crippen LogP contribution < -0.4 is 4.74 Å². The van der Waals surface area contributed by atoms with Crippen LogP contribution in [0.5, 0.6) is 5.75 Å². The monoisotopic (exact) mass is 267 g/mol. The van der Waals surface area contributed by atoms with E-state index in [1.165, 1.54) is 9.96 Å². The van der Waals surface area contributed by atoms with Crippen LogP contribution in [0.25, 0.3) is 0 Å². The minimum Gasteiger partial charge on any atom is -0.491 e. The molecule has 0 radical (unpaired) electrons. The lowest BCUT2D eigenvalue weighted by Crippen LogP contribution is -2.41. The molecule has 1 heterocycles. The van der Waals surface area contributed by atoms with Gasteiger partial charge in [0.2, 0.25) is 0 Å². The van der Waals surface area contributed by atoms with E-state index in [0.29, 0.717) is 0 Å². The van der Waals surface area contributed by atoms with E-state index in [9.17, 15) is 5.21 Å². The van der Waals surface area contributed by atoms with Crippen molar-refractivity contribution < 1.29 is 9.94 Å². The second kappa shape index (κ2) is 5.11. The zero-order valence-electron chi connectivity index (χ0n) is 11.4. The van der Waals surface area contributed by atoms with Crippen molar-refractivity contribution in [3.05, 3.63) is 23.8 Å². The standard InChI is InChI=1S/C14H21NO2S/c1-10(2)17-11-5-6-13-12(9-11)14(3,15(4)16)7-8-18-13/h5-6,9-10,16H,7-8H2,1-4H3. The van der Waals surface area contributed by atoms with Crippen LogP contribution in [0, 0.1) is 0 Å². The van der Waals surface area contributed by atoms with Gasteiger partial charge in [-0.25, -0.2) is 0 Å². The van der Waals surface area contributed by atoms with Gasteiger partial charge in [-0.05, 0) is 51.0 Å². The van der Waals surface area contributed by atoms with E-state index in [1.807, 2.05) is 31.7 Å². The molecule has 1 aromatic rings. The SMILES string of the molecule is CC(C)Oc1ccc2c(c1)C(C)(N(C)O)CCS2. The summed E-state index contributed by atoms with van der Waals surface area (Å²) in [6, 6.07) is 6.17. The van der Waals surface area contributed by atoms with Crippen LogP contribution in [-0.2, 0) is 5.54 Å². The first-order valence-corrected chi connectivity index (χ1v) is 7.29. The molecule has 1 aliphatic rings. The topological polar surface area (TPSA) is 32.7 Å². The fraction of sp³-hybridized carbons (Fsp3) is 0.571. The Morgan fingerprint density at radius 3 is 2.78 bits per heavy atom. The summed E-state index contributed by atoms with van der Waals surface area (Å²) in [6.07, 6.45) is 1.10. The van der Waals surface area contributed by atoms with Gasteiger partial charge < -0.3 is 9.94 Å². The molecular weight excluding hydrogens is 246 g/mol. The van der Waals surface area contributed by atoms with Crippen molar-refractivity contribution in [1.29, 1.82) is 0 Å². The average Bonchev–Trinajstić information content (AvgIpc) is 2.29. The molecule has 0 aliphatic carbocycles. The van der Waals surface area contributed by atoms with Crippen LogP contribution >= 0.6 is 11.8 Å². The largest absolute Gasteiger partial charge is 0.491 e. The molecule has 100 valence electrons. The fourth-order valence-corrected chi connectivity index (χ4v) is 3.55. The Labute approximate surface area is 113 Å². The lowest BCUT2D eigenvalue weighted by atomic mass is 9.88. The van der Waals surface area contributed by atoms with Gasteiger partial charge in [-0.3, -0.25) is 0 Å². The molecule has 0 amide bonds. The minimum absolute atomic E-state index is 0.164. The second-order valence-electron chi connectivity index (χ2n) is 5.22. The van der Waals surface area contributed by atoms with Crippen LogP contribution in [-0.4, -0.2) is 29.2 Å². The van der Waals surface area contributed by atoms with Crippen molar-refractivity contribution in [3.8, 4) is 5.75 Å². The van der Waals surface area contributed by atoms with Crippen molar-refractivity contribution in [3.63, 3.8) is 0 Å². The highest BCUT2D eigenvalue weighted by Gasteiger charge is 2.36. The normalized spacial score (nSPS) is 23.3. The third-order valence-corrected chi connectivity index (χ3v) is 4.54. The van der Waals surface area contributed by atoms with Gasteiger partial charge in [-0.2, -0.15) is 5.06 Å². The lowest BCUT2D eigenvalue weighted by Gasteiger charge is -2.39. The van der Waals surface area contributed by atoms with Gasteiger partial charge in [0.25, 0.3) is 0 Å². The maximum absolute atomic E-state index is 9.94. The Morgan fingerprint density at radius 2 is 2.17 bits per heavy atom. The average molecular weight is 267 g/mol. The minimum atomic E-state index is -0.322.